The Morgan fingerprint density at radius 3 is 2.14 bits per heavy atom. The molecule has 0 saturated carbocycles. The van der Waals surface area contributed by atoms with Crippen LogP contribution in [0.1, 0.15) is 49.8 Å². The van der Waals surface area contributed by atoms with Crippen LogP contribution < -0.4 is 4.90 Å². The van der Waals surface area contributed by atoms with E-state index in [1.165, 1.54) is 89.1 Å². The maximum Gasteiger partial charge on any atom is 0.0541 e. The first-order valence-electron chi connectivity index (χ1n) is 20.3. The van der Waals surface area contributed by atoms with Crippen LogP contribution in [-0.2, 0) is 6.42 Å². The molecule has 4 aliphatic carbocycles. The lowest BCUT2D eigenvalue weighted by atomic mass is 9.78. The van der Waals surface area contributed by atoms with Crippen molar-refractivity contribution in [3.63, 3.8) is 0 Å². The average molecular weight is 735 g/mol. The first-order chi connectivity index (χ1) is 28.0. The number of hydrogen-bond acceptors (Lipinski definition) is 1. The number of fused-ring (bicyclic) bond motifs is 4. The molecule has 0 spiro atoms. The molecule has 0 radical (unpaired) electrons. The number of rotatable bonds is 7. The molecule has 0 fully saturated rings. The van der Waals surface area contributed by atoms with Crippen molar-refractivity contribution < 1.29 is 0 Å². The first kappa shape index (κ1) is 34.8. The highest BCUT2D eigenvalue weighted by Crippen LogP contribution is 2.52. The Bertz CT molecular complexity index is 2820. The first-order valence-corrected chi connectivity index (χ1v) is 20.3. The van der Waals surface area contributed by atoms with Gasteiger partial charge in [0.2, 0.25) is 0 Å². The topological polar surface area (TPSA) is 8.17 Å². The van der Waals surface area contributed by atoms with E-state index < -0.39 is 0 Å². The minimum Gasteiger partial charge on any atom is -0.317 e. The van der Waals surface area contributed by atoms with Crippen molar-refractivity contribution in [1.82, 2.24) is 4.57 Å². The van der Waals surface area contributed by atoms with Gasteiger partial charge >= 0.3 is 0 Å². The average Bonchev–Trinajstić information content (AvgIpc) is 3.49. The van der Waals surface area contributed by atoms with E-state index in [0.29, 0.717) is 0 Å². The van der Waals surface area contributed by atoms with E-state index in [-0.39, 0.29) is 5.41 Å². The normalized spacial score (nSPS) is 17.2. The molecule has 2 nitrogen and oxygen atoms in total. The Hall–Kier alpha value is -6.64. The maximum absolute atomic E-state index is 2.53. The quantitative estimate of drug-likeness (QED) is 0.159. The predicted molar refractivity (Wildman–Crippen MR) is 241 cm³/mol. The molecule has 5 aromatic carbocycles. The van der Waals surface area contributed by atoms with E-state index in [1.807, 2.05) is 0 Å². The van der Waals surface area contributed by atoms with Gasteiger partial charge in [0.25, 0.3) is 0 Å². The third-order valence-electron chi connectivity index (χ3n) is 12.2. The summed E-state index contributed by atoms with van der Waals surface area (Å²) in [6, 6.07) is 46.5. The SMILES string of the molecule is CC1(C)C2=C(C=CCC(N(C3=CC=C(c4ccccc4)C=CC3)c3ccc(Cc4ccc5c(c4)c4ccccc4n5-c4ccccc4)cc3)=C2)C2=C1CC=CC=C2. The van der Waals surface area contributed by atoms with Crippen LogP contribution in [0.25, 0.3) is 33.1 Å². The molecule has 10 rings (SSSR count). The van der Waals surface area contributed by atoms with E-state index in [1.54, 1.807) is 0 Å². The smallest absolute Gasteiger partial charge is 0.0541 e. The number of hydrogen-bond donors (Lipinski definition) is 0. The van der Waals surface area contributed by atoms with Crippen molar-refractivity contribution in [2.24, 2.45) is 5.41 Å². The Labute approximate surface area is 336 Å². The summed E-state index contributed by atoms with van der Waals surface area (Å²) in [7, 11) is 0. The molecule has 6 aromatic rings. The van der Waals surface area contributed by atoms with Crippen LogP contribution in [0.15, 0.2) is 228 Å². The summed E-state index contributed by atoms with van der Waals surface area (Å²) in [6.07, 6.45) is 29.0. The Morgan fingerprint density at radius 1 is 0.579 bits per heavy atom. The van der Waals surface area contributed by atoms with Crippen molar-refractivity contribution in [3.05, 3.63) is 245 Å². The van der Waals surface area contributed by atoms with Crippen LogP contribution in [-0.4, -0.2) is 4.57 Å². The third kappa shape index (κ3) is 6.32. The van der Waals surface area contributed by atoms with Gasteiger partial charge in [0.05, 0.1) is 11.0 Å². The Kier molecular flexibility index (Phi) is 8.83. The molecule has 0 bridgehead atoms. The van der Waals surface area contributed by atoms with Crippen LogP contribution in [0.2, 0.25) is 0 Å². The van der Waals surface area contributed by atoms with Gasteiger partial charge < -0.3 is 9.47 Å². The summed E-state index contributed by atoms with van der Waals surface area (Å²) in [5.74, 6) is 0. The minimum atomic E-state index is -0.0637. The van der Waals surface area contributed by atoms with Crippen LogP contribution in [0, 0.1) is 5.41 Å². The van der Waals surface area contributed by atoms with Gasteiger partial charge in [0.1, 0.15) is 0 Å². The molecule has 1 heterocycles. The van der Waals surface area contributed by atoms with Crippen molar-refractivity contribution >= 4 is 33.1 Å². The van der Waals surface area contributed by atoms with Gasteiger partial charge in [-0.15, -0.1) is 0 Å². The molecule has 0 amide bonds. The highest BCUT2D eigenvalue weighted by atomic mass is 15.2. The second-order valence-electron chi connectivity index (χ2n) is 16.0. The van der Waals surface area contributed by atoms with Gasteiger partial charge in [0, 0.05) is 51.8 Å². The van der Waals surface area contributed by atoms with Crippen molar-refractivity contribution in [1.29, 1.82) is 0 Å². The molecule has 0 atom stereocenters. The van der Waals surface area contributed by atoms with Crippen LogP contribution >= 0.6 is 0 Å². The second-order valence-corrected chi connectivity index (χ2v) is 16.0. The highest BCUT2D eigenvalue weighted by molar-refractivity contribution is 6.09. The summed E-state index contributed by atoms with van der Waals surface area (Å²) < 4.78 is 2.39. The fourth-order valence-electron chi connectivity index (χ4n) is 9.34. The van der Waals surface area contributed by atoms with E-state index in [4.69, 9.17) is 0 Å². The van der Waals surface area contributed by atoms with Crippen molar-refractivity contribution in [2.45, 2.75) is 39.5 Å². The number of anilines is 1. The zero-order valence-corrected chi connectivity index (χ0v) is 32.7. The van der Waals surface area contributed by atoms with Crippen molar-refractivity contribution in [2.75, 3.05) is 4.90 Å². The van der Waals surface area contributed by atoms with Gasteiger partial charge in [-0.2, -0.15) is 0 Å². The highest BCUT2D eigenvalue weighted by Gasteiger charge is 2.38. The summed E-state index contributed by atoms with van der Waals surface area (Å²) in [4.78, 5) is 2.53. The van der Waals surface area contributed by atoms with Crippen LogP contribution in [0.4, 0.5) is 5.69 Å². The minimum absolute atomic E-state index is 0.0637. The summed E-state index contributed by atoms with van der Waals surface area (Å²) in [5, 5.41) is 2.58. The summed E-state index contributed by atoms with van der Waals surface area (Å²) in [5.41, 5.74) is 18.1. The van der Waals surface area contributed by atoms with Crippen LogP contribution in [0.5, 0.6) is 0 Å². The van der Waals surface area contributed by atoms with E-state index in [9.17, 15) is 0 Å². The molecule has 1 aromatic heterocycles. The molecule has 57 heavy (non-hydrogen) atoms. The molecule has 0 saturated heterocycles. The molecule has 0 aliphatic heterocycles. The summed E-state index contributed by atoms with van der Waals surface area (Å²) in [6.45, 7) is 4.81. The fraction of sp³-hybridized carbons (Fsp3) is 0.127. The fourth-order valence-corrected chi connectivity index (χ4v) is 9.34. The standard InChI is InChI=1S/C55H46N2/c1-55(2)51-26-11-5-10-23-47(51)48-25-15-22-46(38-52(48)55)56(44-21-14-18-42(31-34-44)41-16-6-3-7-17-41)45-32-28-39(29-33-45)36-40-30-35-54-50(37-40)49-24-12-13-27-53(49)57(54)43-19-8-4-9-20-43/h3-20,23-25,27-35,37-38H,21-22,26,36H2,1-2H3. The van der Waals surface area contributed by atoms with Crippen molar-refractivity contribution in [3.8, 4) is 5.69 Å². The molecule has 2 heteroatoms. The number of aromatic nitrogens is 1. The van der Waals surface area contributed by atoms with E-state index >= 15 is 0 Å². The Morgan fingerprint density at radius 2 is 1.30 bits per heavy atom. The molecular weight excluding hydrogens is 689 g/mol. The lowest BCUT2D eigenvalue weighted by molar-refractivity contribution is 0.549. The predicted octanol–water partition coefficient (Wildman–Crippen LogP) is 14.1. The maximum atomic E-state index is 2.53. The largest absolute Gasteiger partial charge is 0.317 e. The monoisotopic (exact) mass is 734 g/mol. The molecule has 276 valence electrons. The van der Waals surface area contributed by atoms with E-state index in [2.05, 4.69) is 218 Å². The van der Waals surface area contributed by atoms with Gasteiger partial charge in [-0.25, -0.2) is 0 Å². The number of benzene rings is 5. The lowest BCUT2D eigenvalue weighted by Crippen LogP contribution is -2.23. The van der Waals surface area contributed by atoms with Gasteiger partial charge in [-0.1, -0.05) is 153 Å². The zero-order valence-electron chi connectivity index (χ0n) is 32.7. The summed E-state index contributed by atoms with van der Waals surface area (Å²) >= 11 is 0. The third-order valence-corrected chi connectivity index (χ3v) is 12.2. The Balaban J connectivity index is 1.02. The number of nitrogens with zero attached hydrogens (tertiary/aromatic N) is 2. The van der Waals surface area contributed by atoms with Crippen LogP contribution in [0.3, 0.4) is 0 Å². The molecule has 4 aliphatic rings. The second kappa shape index (κ2) is 14.5. The molecular formula is C55H46N2. The van der Waals surface area contributed by atoms with Gasteiger partial charge in [-0.05, 0) is 112 Å². The van der Waals surface area contributed by atoms with Gasteiger partial charge in [-0.3, -0.25) is 0 Å². The molecule has 0 N–H and O–H groups in total. The van der Waals surface area contributed by atoms with Gasteiger partial charge in [0.15, 0.2) is 0 Å². The number of allylic oxidation sites excluding steroid dienone is 16. The van der Waals surface area contributed by atoms with E-state index in [0.717, 1.165) is 25.7 Å². The molecule has 0 unspecified atom stereocenters. The lowest BCUT2D eigenvalue weighted by Gasteiger charge is -2.32. The number of para-hydroxylation sites is 2. The zero-order chi connectivity index (χ0) is 38.3.